The Labute approximate surface area is 195 Å². The molecule has 0 bridgehead atoms. The summed E-state index contributed by atoms with van der Waals surface area (Å²) >= 11 is 0. The van der Waals surface area contributed by atoms with Crippen LogP contribution >= 0.6 is 0 Å². The zero-order valence-electron chi connectivity index (χ0n) is 20.8. The van der Waals surface area contributed by atoms with Crippen LogP contribution in [0.4, 0.5) is 10.5 Å². The molecule has 2 fully saturated rings. The van der Waals surface area contributed by atoms with Crippen molar-refractivity contribution in [3.05, 3.63) is 29.8 Å². The highest BCUT2D eigenvalue weighted by Crippen LogP contribution is 2.42. The van der Waals surface area contributed by atoms with Crippen molar-refractivity contribution in [3.63, 3.8) is 0 Å². The number of amides is 1. The van der Waals surface area contributed by atoms with Crippen molar-refractivity contribution in [2.45, 2.75) is 97.1 Å². The molecule has 32 heavy (non-hydrogen) atoms. The first kappa shape index (κ1) is 24.9. The van der Waals surface area contributed by atoms with Crippen LogP contribution in [0.2, 0.25) is 0 Å². The average molecular weight is 444 g/mol. The summed E-state index contributed by atoms with van der Waals surface area (Å²) in [4.78, 5) is 14.7. The number of carbonyl (C=O) groups is 1. The molecule has 1 heterocycles. The number of hydrogen-bond donors (Lipinski definition) is 2. The van der Waals surface area contributed by atoms with Gasteiger partial charge in [-0.2, -0.15) is 0 Å². The predicted molar refractivity (Wildman–Crippen MR) is 133 cm³/mol. The van der Waals surface area contributed by atoms with E-state index in [1.54, 1.807) is 0 Å². The summed E-state index contributed by atoms with van der Waals surface area (Å²) in [6.07, 6.45) is 11.1. The number of ether oxygens (including phenoxy) is 1. The van der Waals surface area contributed by atoms with Crippen molar-refractivity contribution in [1.29, 1.82) is 0 Å². The molecule has 1 aromatic rings. The van der Waals surface area contributed by atoms with Gasteiger partial charge in [0.15, 0.2) is 0 Å². The number of nitrogens with one attached hydrogen (secondary N) is 2. The van der Waals surface area contributed by atoms with E-state index in [2.05, 4.69) is 46.7 Å². The molecule has 5 heteroatoms. The summed E-state index contributed by atoms with van der Waals surface area (Å²) in [6, 6.07) is 9.33. The van der Waals surface area contributed by atoms with Gasteiger partial charge in [0.2, 0.25) is 0 Å². The molecule has 0 spiro atoms. The lowest BCUT2D eigenvalue weighted by Gasteiger charge is -2.40. The highest BCUT2D eigenvalue weighted by Gasteiger charge is 2.32. The van der Waals surface area contributed by atoms with Gasteiger partial charge in [-0.1, -0.05) is 37.0 Å². The number of piperidine rings is 1. The van der Waals surface area contributed by atoms with Gasteiger partial charge in [-0.3, -0.25) is 0 Å². The number of rotatable bonds is 8. The van der Waals surface area contributed by atoms with Crippen molar-refractivity contribution in [2.24, 2.45) is 5.41 Å². The molecule has 1 aliphatic heterocycles. The summed E-state index contributed by atoms with van der Waals surface area (Å²) in [5.41, 5.74) is 2.49. The zero-order chi connectivity index (χ0) is 23.0. The third-order valence-electron chi connectivity index (χ3n) is 7.21. The van der Waals surface area contributed by atoms with Gasteiger partial charge in [-0.05, 0) is 90.3 Å². The third-order valence-corrected chi connectivity index (χ3v) is 7.21. The number of likely N-dealkylation sites (tertiary alicyclic amines) is 1. The minimum absolute atomic E-state index is 0.286. The smallest absolute Gasteiger partial charge is 0.407 e. The van der Waals surface area contributed by atoms with Crippen LogP contribution in [-0.4, -0.2) is 48.8 Å². The lowest BCUT2D eigenvalue weighted by atomic mass is 9.69. The Balaban J connectivity index is 1.41. The van der Waals surface area contributed by atoms with Gasteiger partial charge in [0.05, 0.1) is 0 Å². The SMILES string of the molecule is Cc1ccc(NC2CCN(CCC3(CCNC(=O)OC(C)(C)C)CCCCC3)CC2)cc1. The molecular weight excluding hydrogens is 398 g/mol. The van der Waals surface area contributed by atoms with E-state index in [9.17, 15) is 4.79 Å². The van der Waals surface area contributed by atoms with Crippen molar-refractivity contribution in [2.75, 3.05) is 31.5 Å². The van der Waals surface area contributed by atoms with Gasteiger partial charge < -0.3 is 20.3 Å². The Hall–Kier alpha value is -1.75. The molecule has 180 valence electrons. The second-order valence-corrected chi connectivity index (χ2v) is 11.1. The lowest BCUT2D eigenvalue weighted by molar-refractivity contribution is 0.0508. The van der Waals surface area contributed by atoms with Crippen molar-refractivity contribution in [3.8, 4) is 0 Å². The maximum atomic E-state index is 12.0. The molecular formula is C27H45N3O2. The maximum Gasteiger partial charge on any atom is 0.407 e. The third kappa shape index (κ3) is 8.31. The molecule has 1 saturated carbocycles. The largest absolute Gasteiger partial charge is 0.444 e. The molecule has 5 nitrogen and oxygen atoms in total. The molecule has 0 unspecified atom stereocenters. The fourth-order valence-electron chi connectivity index (χ4n) is 5.25. The number of nitrogens with zero attached hydrogens (tertiary/aromatic N) is 1. The fourth-order valence-corrected chi connectivity index (χ4v) is 5.25. The Kier molecular flexibility index (Phi) is 8.87. The topological polar surface area (TPSA) is 53.6 Å². The van der Waals surface area contributed by atoms with Gasteiger partial charge in [0, 0.05) is 31.4 Å². The molecule has 1 amide bonds. The number of anilines is 1. The molecule has 2 N–H and O–H groups in total. The van der Waals surface area contributed by atoms with Gasteiger partial charge in [0.25, 0.3) is 0 Å². The van der Waals surface area contributed by atoms with Gasteiger partial charge in [-0.25, -0.2) is 4.79 Å². The number of aryl methyl sites for hydroxylation is 1. The van der Waals surface area contributed by atoms with E-state index < -0.39 is 5.60 Å². The van der Waals surface area contributed by atoms with Gasteiger partial charge >= 0.3 is 6.09 Å². The normalized spacial score (nSPS) is 20.0. The highest BCUT2D eigenvalue weighted by molar-refractivity contribution is 5.67. The number of carbonyl (C=O) groups excluding carboxylic acids is 1. The minimum atomic E-state index is -0.437. The quantitative estimate of drug-likeness (QED) is 0.508. The summed E-state index contributed by atoms with van der Waals surface area (Å²) in [5.74, 6) is 0. The van der Waals surface area contributed by atoms with Crippen LogP contribution in [0.5, 0.6) is 0 Å². The lowest BCUT2D eigenvalue weighted by Crippen LogP contribution is -2.42. The standard InChI is InChI=1S/C27H45N3O2/c1-22-8-10-23(11-9-22)29-24-12-19-30(20-13-24)21-17-27(14-6-5-7-15-27)16-18-28-25(31)32-26(2,3)4/h8-11,24,29H,5-7,12-21H2,1-4H3,(H,28,31). The van der Waals surface area contributed by atoms with Crippen LogP contribution in [0.1, 0.15) is 84.1 Å². The van der Waals surface area contributed by atoms with Crippen molar-refractivity contribution >= 4 is 11.8 Å². The monoisotopic (exact) mass is 443 g/mol. The number of alkyl carbamates (subject to hydrolysis) is 1. The second-order valence-electron chi connectivity index (χ2n) is 11.1. The predicted octanol–water partition coefficient (Wildman–Crippen LogP) is 6.13. The molecule has 1 saturated heterocycles. The first-order chi connectivity index (χ1) is 15.2. The van der Waals surface area contributed by atoms with Crippen LogP contribution in [0.25, 0.3) is 0 Å². The maximum absolute atomic E-state index is 12.0. The summed E-state index contributed by atoms with van der Waals surface area (Å²) in [6.45, 7) is 12.1. The fraction of sp³-hybridized carbons (Fsp3) is 0.741. The van der Waals surface area contributed by atoms with E-state index in [0.717, 1.165) is 13.0 Å². The van der Waals surface area contributed by atoms with Gasteiger partial charge in [-0.15, -0.1) is 0 Å². The minimum Gasteiger partial charge on any atom is -0.444 e. The number of benzene rings is 1. The van der Waals surface area contributed by atoms with E-state index in [1.165, 1.54) is 82.3 Å². The van der Waals surface area contributed by atoms with Crippen molar-refractivity contribution in [1.82, 2.24) is 10.2 Å². The molecule has 1 aromatic carbocycles. The Morgan fingerprint density at radius 2 is 1.72 bits per heavy atom. The average Bonchev–Trinajstić information content (AvgIpc) is 2.74. The Morgan fingerprint density at radius 1 is 1.06 bits per heavy atom. The molecule has 0 radical (unpaired) electrons. The van der Waals surface area contributed by atoms with Crippen LogP contribution in [0.15, 0.2) is 24.3 Å². The zero-order valence-corrected chi connectivity index (χ0v) is 20.8. The molecule has 3 rings (SSSR count). The van der Waals surface area contributed by atoms with Gasteiger partial charge in [0.1, 0.15) is 5.60 Å². The summed E-state index contributed by atoms with van der Waals surface area (Å²) in [5, 5.41) is 6.72. The van der Waals surface area contributed by atoms with E-state index in [1.807, 2.05) is 20.8 Å². The molecule has 0 aromatic heterocycles. The first-order valence-corrected chi connectivity index (χ1v) is 12.8. The molecule has 0 atom stereocenters. The Morgan fingerprint density at radius 3 is 2.34 bits per heavy atom. The van der Waals surface area contributed by atoms with Crippen LogP contribution in [0, 0.1) is 12.3 Å². The van der Waals surface area contributed by atoms with E-state index in [0.29, 0.717) is 11.5 Å². The summed E-state index contributed by atoms with van der Waals surface area (Å²) < 4.78 is 5.41. The molecule has 1 aliphatic carbocycles. The Bertz CT molecular complexity index is 697. The first-order valence-electron chi connectivity index (χ1n) is 12.8. The highest BCUT2D eigenvalue weighted by atomic mass is 16.6. The van der Waals surface area contributed by atoms with Crippen LogP contribution < -0.4 is 10.6 Å². The van der Waals surface area contributed by atoms with Crippen LogP contribution in [-0.2, 0) is 4.74 Å². The van der Waals surface area contributed by atoms with E-state index in [4.69, 9.17) is 4.74 Å². The molecule has 2 aliphatic rings. The van der Waals surface area contributed by atoms with Crippen molar-refractivity contribution < 1.29 is 9.53 Å². The second kappa shape index (κ2) is 11.4. The van der Waals surface area contributed by atoms with E-state index in [-0.39, 0.29) is 6.09 Å². The summed E-state index contributed by atoms with van der Waals surface area (Å²) in [7, 11) is 0. The van der Waals surface area contributed by atoms with E-state index >= 15 is 0 Å². The van der Waals surface area contributed by atoms with Crippen LogP contribution in [0.3, 0.4) is 0 Å². The number of hydrogen-bond acceptors (Lipinski definition) is 4.